The van der Waals surface area contributed by atoms with Crippen molar-refractivity contribution in [2.75, 3.05) is 19.6 Å². The Bertz CT molecular complexity index is 2000. The van der Waals surface area contributed by atoms with Gasteiger partial charge in [0.1, 0.15) is 17.4 Å². The maximum Gasteiger partial charge on any atom is 0.224 e. The van der Waals surface area contributed by atoms with Crippen LogP contribution in [0.4, 0.5) is 0 Å². The van der Waals surface area contributed by atoms with E-state index in [4.69, 9.17) is 20.4 Å². The Morgan fingerprint density at radius 3 is 2.21 bits per heavy atom. The third-order valence-corrected chi connectivity index (χ3v) is 10.0. The van der Waals surface area contributed by atoms with Crippen LogP contribution in [0.2, 0.25) is 0 Å². The lowest BCUT2D eigenvalue weighted by Crippen LogP contribution is -2.32. The number of imidazole rings is 2. The number of benzene rings is 2. The van der Waals surface area contributed by atoms with Crippen LogP contribution in [-0.2, 0) is 16.3 Å². The number of nitrogens with two attached hydrogens (primary N) is 1. The zero-order valence-corrected chi connectivity index (χ0v) is 27.5. The fourth-order valence-electron chi connectivity index (χ4n) is 7.69. The summed E-state index contributed by atoms with van der Waals surface area (Å²) in [5, 5.41) is 1.12. The molecule has 4 N–H and O–H groups in total. The molecule has 0 aliphatic carbocycles. The number of carbonyl (C=O) groups is 2. The molecule has 11 heteroatoms. The second kappa shape index (κ2) is 12.3. The molecule has 48 heavy (non-hydrogen) atoms. The monoisotopic (exact) mass is 646 g/mol. The standard InChI is InChI=1S/C37H42N8O3/c1-22(2)15-35(47)44-14-4-6-31(44)37-40-20-28(42-37)24-7-9-26-32-17-25-16-23(8-10-29(25)45(32)21-48-33(26)18-24)27-19-39-36(41-27)30-5-3-13-43(30)34(46)11-12-38/h7-10,16-20,22,30-31H,3-6,11-15,21,38H2,1-2H3,(H,39,41)(H,40,42)/t30-,31-/m0/s1. The van der Waals surface area contributed by atoms with E-state index in [0.717, 1.165) is 101 Å². The highest BCUT2D eigenvalue weighted by Gasteiger charge is 2.33. The van der Waals surface area contributed by atoms with Crippen LogP contribution in [0.3, 0.4) is 0 Å². The van der Waals surface area contributed by atoms with Gasteiger partial charge in [0.2, 0.25) is 11.8 Å². The topological polar surface area (TPSA) is 138 Å². The lowest BCUT2D eigenvalue weighted by atomic mass is 10.0. The minimum absolute atomic E-state index is 0.00393. The number of fused-ring (bicyclic) bond motifs is 5. The van der Waals surface area contributed by atoms with Gasteiger partial charge in [0, 0.05) is 54.6 Å². The van der Waals surface area contributed by atoms with Crippen LogP contribution in [0.25, 0.3) is 44.7 Å². The maximum absolute atomic E-state index is 12.9. The Labute approximate surface area is 279 Å². The Kier molecular flexibility index (Phi) is 7.79. The Morgan fingerprint density at radius 1 is 0.896 bits per heavy atom. The van der Waals surface area contributed by atoms with Crippen LogP contribution >= 0.6 is 0 Å². The van der Waals surface area contributed by atoms with Crippen LogP contribution in [0.1, 0.15) is 76.1 Å². The second-order valence-electron chi connectivity index (χ2n) is 13.7. The first-order valence-corrected chi connectivity index (χ1v) is 17.2. The lowest BCUT2D eigenvalue weighted by Gasteiger charge is -2.24. The molecule has 3 aromatic heterocycles. The number of carbonyl (C=O) groups excluding carboxylic acids is 2. The van der Waals surface area contributed by atoms with E-state index in [1.807, 2.05) is 22.2 Å². The Balaban J connectivity index is 1.03. The third kappa shape index (κ3) is 5.35. The van der Waals surface area contributed by atoms with Crippen molar-refractivity contribution in [3.8, 4) is 39.5 Å². The normalized spacial score (nSPS) is 18.8. The Hall–Kier alpha value is -4.90. The summed E-state index contributed by atoms with van der Waals surface area (Å²) >= 11 is 0. The highest BCUT2D eigenvalue weighted by molar-refractivity contribution is 5.92. The van der Waals surface area contributed by atoms with Crippen molar-refractivity contribution < 1.29 is 14.3 Å². The highest BCUT2D eigenvalue weighted by Crippen LogP contribution is 2.41. The molecule has 0 unspecified atom stereocenters. The van der Waals surface area contributed by atoms with Gasteiger partial charge in [-0.25, -0.2) is 9.97 Å². The average molecular weight is 647 g/mol. The quantitative estimate of drug-likeness (QED) is 0.185. The fraction of sp³-hybridized carbons (Fsp3) is 0.405. The van der Waals surface area contributed by atoms with Crippen LogP contribution in [-0.4, -0.2) is 65.8 Å². The molecule has 2 aromatic carbocycles. The van der Waals surface area contributed by atoms with Gasteiger partial charge in [-0.1, -0.05) is 26.0 Å². The van der Waals surface area contributed by atoms with Crippen molar-refractivity contribution >= 4 is 22.7 Å². The van der Waals surface area contributed by atoms with Gasteiger partial charge in [0.15, 0.2) is 6.73 Å². The molecule has 0 radical (unpaired) electrons. The van der Waals surface area contributed by atoms with Crippen molar-refractivity contribution in [2.45, 2.75) is 71.2 Å². The van der Waals surface area contributed by atoms with Gasteiger partial charge in [0.25, 0.3) is 0 Å². The van der Waals surface area contributed by atoms with Crippen LogP contribution in [0.15, 0.2) is 54.9 Å². The van der Waals surface area contributed by atoms with Crippen LogP contribution in [0.5, 0.6) is 5.75 Å². The highest BCUT2D eigenvalue weighted by atomic mass is 16.5. The van der Waals surface area contributed by atoms with E-state index in [-0.39, 0.29) is 23.9 Å². The van der Waals surface area contributed by atoms with E-state index in [9.17, 15) is 9.59 Å². The van der Waals surface area contributed by atoms with Gasteiger partial charge >= 0.3 is 0 Å². The molecule has 3 aliphatic rings. The summed E-state index contributed by atoms with van der Waals surface area (Å²) in [7, 11) is 0. The molecule has 3 aliphatic heterocycles. The average Bonchev–Trinajstić information content (AvgIpc) is 3.92. The minimum Gasteiger partial charge on any atom is -0.472 e. The SMILES string of the molecule is CC(C)CC(=O)N1CCC[C@H]1c1ncc(-c2ccc3c(c2)OCn2c-3cc3cc(-c4cnc([C@@H]5CCCN5C(=O)CCN)[nH]4)ccc32)[nH]1. The van der Waals surface area contributed by atoms with Gasteiger partial charge in [-0.05, 0) is 61.9 Å². The van der Waals surface area contributed by atoms with E-state index in [0.29, 0.717) is 32.0 Å². The number of nitrogens with zero attached hydrogens (tertiary/aromatic N) is 5. The summed E-state index contributed by atoms with van der Waals surface area (Å²) in [5.74, 6) is 3.13. The number of aromatic nitrogens is 5. The summed E-state index contributed by atoms with van der Waals surface area (Å²) < 4.78 is 8.52. The van der Waals surface area contributed by atoms with Crippen molar-refractivity contribution in [3.05, 3.63) is 66.5 Å². The van der Waals surface area contributed by atoms with Crippen molar-refractivity contribution in [2.24, 2.45) is 11.7 Å². The van der Waals surface area contributed by atoms with Crippen LogP contribution < -0.4 is 10.5 Å². The predicted octanol–water partition coefficient (Wildman–Crippen LogP) is 6.16. The van der Waals surface area contributed by atoms with Crippen LogP contribution in [0, 0.1) is 5.92 Å². The van der Waals surface area contributed by atoms with Crippen molar-refractivity contribution in [3.63, 3.8) is 0 Å². The van der Waals surface area contributed by atoms with Gasteiger partial charge in [-0.15, -0.1) is 0 Å². The minimum atomic E-state index is -0.0356. The van der Waals surface area contributed by atoms with E-state index in [1.165, 1.54) is 0 Å². The number of nitrogens with one attached hydrogen (secondary N) is 2. The van der Waals surface area contributed by atoms with E-state index in [2.05, 4.69) is 70.8 Å². The maximum atomic E-state index is 12.9. The lowest BCUT2D eigenvalue weighted by molar-refractivity contribution is -0.133. The molecule has 8 rings (SSSR count). The molecule has 6 heterocycles. The fourth-order valence-corrected chi connectivity index (χ4v) is 7.69. The molecule has 2 saturated heterocycles. The molecule has 2 fully saturated rings. The number of rotatable bonds is 8. The molecular weight excluding hydrogens is 604 g/mol. The zero-order valence-electron chi connectivity index (χ0n) is 27.5. The van der Waals surface area contributed by atoms with Gasteiger partial charge in [-0.3, -0.25) is 9.59 Å². The first kappa shape index (κ1) is 30.4. The van der Waals surface area contributed by atoms with E-state index < -0.39 is 0 Å². The number of hydrogen-bond donors (Lipinski definition) is 3. The summed E-state index contributed by atoms with van der Waals surface area (Å²) in [5.41, 5.74) is 12.8. The largest absolute Gasteiger partial charge is 0.472 e. The first-order valence-electron chi connectivity index (χ1n) is 17.2. The molecule has 2 amide bonds. The molecule has 5 aromatic rings. The zero-order chi connectivity index (χ0) is 32.9. The smallest absolute Gasteiger partial charge is 0.224 e. The van der Waals surface area contributed by atoms with E-state index >= 15 is 0 Å². The number of amides is 2. The third-order valence-electron chi connectivity index (χ3n) is 10.0. The molecule has 0 saturated carbocycles. The van der Waals surface area contributed by atoms with E-state index in [1.54, 1.807) is 0 Å². The molecule has 0 bridgehead atoms. The molecule has 248 valence electrons. The number of ether oxygens (including phenoxy) is 1. The first-order chi connectivity index (χ1) is 23.4. The number of H-pyrrole nitrogens is 2. The number of hydrogen-bond acceptors (Lipinski definition) is 6. The van der Waals surface area contributed by atoms with Gasteiger partial charge in [-0.2, -0.15) is 0 Å². The second-order valence-corrected chi connectivity index (χ2v) is 13.7. The van der Waals surface area contributed by atoms with Crippen molar-refractivity contribution in [1.29, 1.82) is 0 Å². The Morgan fingerprint density at radius 2 is 1.54 bits per heavy atom. The predicted molar refractivity (Wildman–Crippen MR) is 184 cm³/mol. The summed E-state index contributed by atoms with van der Waals surface area (Å²) in [6, 6.07) is 14.9. The molecular formula is C37H42N8O3. The molecule has 2 atom stereocenters. The summed E-state index contributed by atoms with van der Waals surface area (Å²) in [6.07, 6.45) is 8.44. The molecule has 0 spiro atoms. The molecule has 11 nitrogen and oxygen atoms in total. The van der Waals surface area contributed by atoms with Crippen molar-refractivity contribution in [1.82, 2.24) is 34.3 Å². The number of likely N-dealkylation sites (tertiary alicyclic amines) is 2. The summed E-state index contributed by atoms with van der Waals surface area (Å²) in [4.78, 5) is 45.8. The van der Waals surface area contributed by atoms with Gasteiger partial charge < -0.3 is 34.8 Å². The summed E-state index contributed by atoms with van der Waals surface area (Å²) in [6.45, 7) is 6.47. The number of aromatic amines is 2. The van der Waals surface area contributed by atoms with Gasteiger partial charge in [0.05, 0.1) is 47.1 Å².